The van der Waals surface area contributed by atoms with E-state index in [1.807, 2.05) is 6.92 Å². The van der Waals surface area contributed by atoms with Crippen molar-refractivity contribution in [3.63, 3.8) is 0 Å². The number of imidazole rings is 1. The molecule has 5 heteroatoms. The van der Waals surface area contributed by atoms with Crippen molar-refractivity contribution in [3.05, 3.63) is 35.2 Å². The molecule has 1 aromatic carbocycles. The minimum atomic E-state index is -0.0112. The highest BCUT2D eigenvalue weighted by Crippen LogP contribution is 2.30. The highest BCUT2D eigenvalue weighted by atomic mass is 35.5. The Bertz CT molecular complexity index is 712. The van der Waals surface area contributed by atoms with Gasteiger partial charge in [-0.3, -0.25) is 4.40 Å². The van der Waals surface area contributed by atoms with Crippen LogP contribution >= 0.6 is 23.7 Å². The lowest BCUT2D eigenvalue weighted by molar-refractivity contribution is 0.790. The minimum absolute atomic E-state index is 0. The fourth-order valence-corrected chi connectivity index (χ4v) is 3.43. The molecule has 2 N–H and O–H groups in total. The molecule has 0 spiro atoms. The summed E-state index contributed by atoms with van der Waals surface area (Å²) in [4.78, 5) is 5.61. The third-order valence-corrected chi connectivity index (χ3v) is 4.01. The van der Waals surface area contributed by atoms with Crippen molar-refractivity contribution in [3.8, 4) is 0 Å². The maximum atomic E-state index is 5.87. The van der Waals surface area contributed by atoms with Gasteiger partial charge in [0.1, 0.15) is 0 Å². The van der Waals surface area contributed by atoms with Gasteiger partial charge < -0.3 is 5.73 Å². The number of fused-ring (bicyclic) bond motifs is 3. The van der Waals surface area contributed by atoms with Gasteiger partial charge in [-0.1, -0.05) is 17.4 Å². The molecule has 0 radical (unpaired) electrons. The molecule has 0 aliphatic rings. The summed E-state index contributed by atoms with van der Waals surface area (Å²) in [7, 11) is 0. The lowest BCUT2D eigenvalue weighted by Gasteiger charge is -2.00. The number of halogens is 1. The zero-order chi connectivity index (χ0) is 12.2. The Morgan fingerprint density at radius 2 is 2.06 bits per heavy atom. The highest BCUT2D eigenvalue weighted by Gasteiger charge is 2.12. The number of hydrogen-bond donors (Lipinski definition) is 1. The molecule has 0 aliphatic carbocycles. The first kappa shape index (κ1) is 13.3. The van der Waals surface area contributed by atoms with Crippen LogP contribution < -0.4 is 5.73 Å². The molecule has 3 aromatic rings. The van der Waals surface area contributed by atoms with Crippen LogP contribution in [0.25, 0.3) is 15.2 Å². The van der Waals surface area contributed by atoms with Crippen molar-refractivity contribution in [1.29, 1.82) is 0 Å². The molecule has 0 aliphatic heterocycles. The lowest BCUT2D eigenvalue weighted by atomic mass is 10.1. The van der Waals surface area contributed by atoms with Gasteiger partial charge in [-0.25, -0.2) is 4.98 Å². The van der Waals surface area contributed by atoms with Crippen molar-refractivity contribution in [1.82, 2.24) is 9.38 Å². The predicted octanol–water partition coefficient (Wildman–Crippen LogP) is 3.61. The van der Waals surface area contributed by atoms with E-state index in [1.54, 1.807) is 11.3 Å². The maximum Gasteiger partial charge on any atom is 0.195 e. The van der Waals surface area contributed by atoms with Crippen molar-refractivity contribution in [2.45, 2.75) is 26.8 Å². The molecule has 3 nitrogen and oxygen atoms in total. The van der Waals surface area contributed by atoms with Gasteiger partial charge in [0, 0.05) is 12.2 Å². The smallest absolute Gasteiger partial charge is 0.195 e. The second-order valence-corrected chi connectivity index (χ2v) is 5.65. The first-order valence-corrected chi connectivity index (χ1v) is 6.52. The van der Waals surface area contributed by atoms with E-state index in [4.69, 9.17) is 5.73 Å². The summed E-state index contributed by atoms with van der Waals surface area (Å²) in [6, 6.07) is 4.41. The monoisotopic (exact) mass is 281 g/mol. The summed E-state index contributed by atoms with van der Waals surface area (Å²) in [6.45, 7) is 6.24. The van der Waals surface area contributed by atoms with Crippen LogP contribution in [0.4, 0.5) is 0 Å². The molecule has 1 unspecified atom stereocenters. The Hall–Kier alpha value is -1.10. The fourth-order valence-electron chi connectivity index (χ4n) is 2.24. The Balaban J connectivity index is 0.00000120. The van der Waals surface area contributed by atoms with Gasteiger partial charge in [0.15, 0.2) is 4.96 Å². The summed E-state index contributed by atoms with van der Waals surface area (Å²) >= 11 is 1.72. The lowest BCUT2D eigenvalue weighted by Crippen LogP contribution is -2.04. The number of rotatable bonds is 1. The van der Waals surface area contributed by atoms with Crippen LogP contribution in [0.15, 0.2) is 18.3 Å². The van der Waals surface area contributed by atoms with Crippen molar-refractivity contribution < 1.29 is 0 Å². The van der Waals surface area contributed by atoms with E-state index in [1.165, 1.54) is 21.3 Å². The summed E-state index contributed by atoms with van der Waals surface area (Å²) in [5.41, 5.74) is 10.7. The maximum absolute atomic E-state index is 5.87. The zero-order valence-corrected chi connectivity index (χ0v) is 12.2. The topological polar surface area (TPSA) is 43.3 Å². The van der Waals surface area contributed by atoms with Gasteiger partial charge in [-0.05, 0) is 38.0 Å². The van der Waals surface area contributed by atoms with E-state index in [0.717, 1.165) is 10.7 Å². The molecule has 2 aromatic heterocycles. The SMILES string of the molecule is Cc1cc(C)c2c(c1)sc1nc(C(C)N)cn12.Cl. The average Bonchev–Trinajstić information content (AvgIpc) is 2.72. The second kappa shape index (κ2) is 4.53. The summed E-state index contributed by atoms with van der Waals surface area (Å²) in [5.74, 6) is 0. The van der Waals surface area contributed by atoms with Crippen molar-refractivity contribution >= 4 is 38.9 Å². The molecule has 2 heterocycles. The average molecular weight is 282 g/mol. The highest BCUT2D eigenvalue weighted by molar-refractivity contribution is 7.23. The van der Waals surface area contributed by atoms with Gasteiger partial charge in [0.2, 0.25) is 0 Å². The molecular formula is C13H16ClN3S. The number of aromatic nitrogens is 2. The number of benzene rings is 1. The van der Waals surface area contributed by atoms with Crippen LogP contribution in [-0.4, -0.2) is 9.38 Å². The van der Waals surface area contributed by atoms with Gasteiger partial charge >= 0.3 is 0 Å². The molecule has 0 bridgehead atoms. The van der Waals surface area contributed by atoms with E-state index >= 15 is 0 Å². The van der Waals surface area contributed by atoms with Crippen LogP contribution in [0.2, 0.25) is 0 Å². The third kappa shape index (κ3) is 1.90. The van der Waals surface area contributed by atoms with Crippen LogP contribution in [0, 0.1) is 13.8 Å². The van der Waals surface area contributed by atoms with Crippen LogP contribution in [0.1, 0.15) is 29.8 Å². The Morgan fingerprint density at radius 3 is 2.72 bits per heavy atom. The second-order valence-electron chi connectivity index (χ2n) is 4.64. The first-order valence-electron chi connectivity index (χ1n) is 5.70. The number of aryl methyl sites for hydroxylation is 2. The van der Waals surface area contributed by atoms with Gasteiger partial charge in [-0.15, -0.1) is 12.4 Å². The first-order chi connectivity index (χ1) is 8.06. The zero-order valence-electron chi connectivity index (χ0n) is 10.6. The molecule has 0 amide bonds. The molecule has 0 saturated heterocycles. The number of nitrogens with zero attached hydrogens (tertiary/aromatic N) is 2. The van der Waals surface area contributed by atoms with Crippen molar-refractivity contribution in [2.75, 3.05) is 0 Å². The van der Waals surface area contributed by atoms with Gasteiger partial charge in [-0.2, -0.15) is 0 Å². The van der Waals surface area contributed by atoms with Crippen LogP contribution in [0.5, 0.6) is 0 Å². The van der Waals surface area contributed by atoms with E-state index in [-0.39, 0.29) is 18.4 Å². The molecule has 3 rings (SSSR count). The standard InChI is InChI=1S/C13H15N3S.ClH/c1-7-4-8(2)12-11(5-7)17-13-15-10(9(3)14)6-16(12)13;/h4-6,9H,14H2,1-3H3;1H. The Kier molecular flexibility index (Phi) is 3.36. The molecule has 0 saturated carbocycles. The summed E-state index contributed by atoms with van der Waals surface area (Å²) in [6.07, 6.45) is 2.06. The van der Waals surface area contributed by atoms with E-state index < -0.39 is 0 Å². The molecular weight excluding hydrogens is 266 g/mol. The number of thiazole rings is 1. The molecule has 18 heavy (non-hydrogen) atoms. The third-order valence-electron chi connectivity index (χ3n) is 3.01. The van der Waals surface area contributed by atoms with E-state index in [9.17, 15) is 0 Å². The van der Waals surface area contributed by atoms with E-state index in [2.05, 4.69) is 41.6 Å². The van der Waals surface area contributed by atoms with Crippen molar-refractivity contribution in [2.24, 2.45) is 5.73 Å². The van der Waals surface area contributed by atoms with Crippen LogP contribution in [0.3, 0.4) is 0 Å². The number of hydrogen-bond acceptors (Lipinski definition) is 3. The quantitative estimate of drug-likeness (QED) is 0.740. The normalized spacial score (nSPS) is 12.9. The molecule has 96 valence electrons. The minimum Gasteiger partial charge on any atom is -0.323 e. The van der Waals surface area contributed by atoms with Gasteiger partial charge in [0.25, 0.3) is 0 Å². The van der Waals surface area contributed by atoms with Crippen LogP contribution in [-0.2, 0) is 0 Å². The molecule has 0 fully saturated rings. The summed E-state index contributed by atoms with van der Waals surface area (Å²) in [5, 5.41) is 0. The predicted molar refractivity (Wildman–Crippen MR) is 79.9 cm³/mol. The Morgan fingerprint density at radius 1 is 1.33 bits per heavy atom. The molecule has 1 atom stereocenters. The number of nitrogens with two attached hydrogens (primary N) is 1. The Labute approximate surface area is 116 Å². The van der Waals surface area contributed by atoms with Gasteiger partial charge in [0.05, 0.1) is 15.9 Å². The summed E-state index contributed by atoms with van der Waals surface area (Å²) < 4.78 is 3.45. The van der Waals surface area contributed by atoms with E-state index in [0.29, 0.717) is 0 Å². The fraction of sp³-hybridized carbons (Fsp3) is 0.308. The largest absolute Gasteiger partial charge is 0.323 e.